The number of halogens is 3. The van der Waals surface area contributed by atoms with Crippen molar-refractivity contribution in [1.29, 1.82) is 0 Å². The molecule has 1 fully saturated rings. The monoisotopic (exact) mass is 339 g/mol. The van der Waals surface area contributed by atoms with E-state index in [1.54, 1.807) is 12.1 Å². The molecule has 0 bridgehead atoms. The smallest absolute Gasteiger partial charge is 0.387 e. The molecule has 1 heterocycles. The van der Waals surface area contributed by atoms with Gasteiger partial charge >= 0.3 is 6.61 Å². The molecule has 0 aromatic heterocycles. The fourth-order valence-corrected chi connectivity index (χ4v) is 4.76. The van der Waals surface area contributed by atoms with E-state index in [1.165, 1.54) is 17.6 Å². The minimum Gasteiger partial charge on any atom is -0.434 e. The molecule has 0 saturated carbocycles. The van der Waals surface area contributed by atoms with Crippen molar-refractivity contribution in [1.82, 2.24) is 5.32 Å². The summed E-state index contributed by atoms with van der Waals surface area (Å²) < 4.78 is 29.2. The molecule has 1 unspecified atom stereocenters. The lowest BCUT2D eigenvalue weighted by Crippen LogP contribution is -2.28. The van der Waals surface area contributed by atoms with Crippen LogP contribution in [-0.2, 0) is 6.54 Å². The van der Waals surface area contributed by atoms with E-state index in [-0.39, 0.29) is 5.75 Å². The van der Waals surface area contributed by atoms with Crippen LogP contribution in [-0.4, -0.2) is 35.7 Å². The Bertz CT molecular complexity index is 431. The Morgan fingerprint density at radius 2 is 2.25 bits per heavy atom. The first kappa shape index (κ1) is 16.2. The maximum absolute atomic E-state index is 12.3. The van der Waals surface area contributed by atoms with Crippen molar-refractivity contribution in [3.8, 4) is 5.75 Å². The van der Waals surface area contributed by atoms with E-state index < -0.39 is 6.61 Å². The summed E-state index contributed by atoms with van der Waals surface area (Å²) in [6, 6.07) is 4.70. The highest BCUT2D eigenvalue weighted by molar-refractivity contribution is 8.06. The van der Waals surface area contributed by atoms with E-state index in [1.807, 2.05) is 23.5 Å². The van der Waals surface area contributed by atoms with Crippen LogP contribution in [0.4, 0.5) is 8.78 Å². The number of benzene rings is 1. The lowest BCUT2D eigenvalue weighted by Gasteiger charge is -2.21. The molecule has 1 atom stereocenters. The van der Waals surface area contributed by atoms with Crippen LogP contribution in [0.3, 0.4) is 0 Å². The predicted molar refractivity (Wildman–Crippen MR) is 83.4 cm³/mol. The molecule has 0 aliphatic carbocycles. The fraction of sp³-hybridized carbons (Fsp3) is 0.538. The Hall–Kier alpha value is -0.170. The minimum atomic E-state index is -2.82. The van der Waals surface area contributed by atoms with E-state index in [0.29, 0.717) is 22.4 Å². The topological polar surface area (TPSA) is 21.3 Å². The highest BCUT2D eigenvalue weighted by atomic mass is 35.5. The van der Waals surface area contributed by atoms with Crippen LogP contribution in [0.1, 0.15) is 5.56 Å². The Balaban J connectivity index is 1.88. The Kier molecular flexibility index (Phi) is 6.74. The van der Waals surface area contributed by atoms with Gasteiger partial charge in [0.05, 0.1) is 0 Å². The predicted octanol–water partition coefficient (Wildman–Crippen LogP) is 3.88. The Morgan fingerprint density at radius 3 is 2.95 bits per heavy atom. The molecule has 1 aliphatic rings. The second-order valence-corrected chi connectivity index (χ2v) is 7.32. The van der Waals surface area contributed by atoms with E-state index in [9.17, 15) is 8.78 Å². The average Bonchev–Trinajstić information content (AvgIpc) is 2.42. The number of hydrogen-bond acceptors (Lipinski definition) is 4. The lowest BCUT2D eigenvalue weighted by atomic mass is 10.2. The van der Waals surface area contributed by atoms with Crippen LogP contribution in [0.15, 0.2) is 18.2 Å². The normalized spacial score (nSPS) is 19.3. The molecule has 1 aromatic rings. The van der Waals surface area contributed by atoms with Gasteiger partial charge in [-0.05, 0) is 18.2 Å². The first-order chi connectivity index (χ1) is 9.65. The first-order valence-corrected chi connectivity index (χ1v) is 8.86. The number of ether oxygens (including phenoxy) is 1. The molecule has 1 N–H and O–H groups in total. The van der Waals surface area contributed by atoms with Crippen molar-refractivity contribution < 1.29 is 13.5 Å². The lowest BCUT2D eigenvalue weighted by molar-refractivity contribution is -0.0504. The summed E-state index contributed by atoms with van der Waals surface area (Å²) in [4.78, 5) is 0. The number of nitrogens with one attached hydrogen (secondary N) is 1. The highest BCUT2D eigenvalue weighted by Crippen LogP contribution is 2.26. The van der Waals surface area contributed by atoms with Crippen molar-refractivity contribution in [3.63, 3.8) is 0 Å². The third kappa shape index (κ3) is 5.31. The van der Waals surface area contributed by atoms with E-state index in [0.717, 1.165) is 12.3 Å². The number of hydrogen-bond donors (Lipinski definition) is 1. The van der Waals surface area contributed by atoms with Crippen molar-refractivity contribution in [2.24, 2.45) is 0 Å². The fourth-order valence-electron chi connectivity index (χ4n) is 1.92. The molecule has 2 nitrogen and oxygen atoms in total. The molecule has 1 aromatic carbocycles. The van der Waals surface area contributed by atoms with Gasteiger partial charge in [-0.25, -0.2) is 0 Å². The quantitative estimate of drug-likeness (QED) is 0.848. The molecule has 112 valence electrons. The maximum Gasteiger partial charge on any atom is 0.387 e. The Morgan fingerprint density at radius 1 is 1.40 bits per heavy atom. The molecule has 7 heteroatoms. The average molecular weight is 340 g/mol. The van der Waals surface area contributed by atoms with Gasteiger partial charge in [-0.1, -0.05) is 11.6 Å². The molecule has 0 radical (unpaired) electrons. The molecule has 0 amide bonds. The zero-order valence-electron chi connectivity index (χ0n) is 10.8. The van der Waals surface area contributed by atoms with Crippen LogP contribution in [0.25, 0.3) is 0 Å². The molecule has 20 heavy (non-hydrogen) atoms. The summed E-state index contributed by atoms with van der Waals surface area (Å²) in [5.41, 5.74) is 0.659. The van der Waals surface area contributed by atoms with Crippen LogP contribution in [0, 0.1) is 0 Å². The molecule has 1 aliphatic heterocycles. The molecular weight excluding hydrogens is 324 g/mol. The summed E-state index contributed by atoms with van der Waals surface area (Å²) in [5.74, 6) is 3.70. The van der Waals surface area contributed by atoms with Gasteiger partial charge in [0.15, 0.2) is 0 Å². The molecule has 1 saturated heterocycles. The number of rotatable bonds is 6. The molecule has 2 rings (SSSR count). The van der Waals surface area contributed by atoms with Gasteiger partial charge in [0.2, 0.25) is 0 Å². The van der Waals surface area contributed by atoms with E-state index in [4.69, 9.17) is 11.6 Å². The van der Waals surface area contributed by atoms with Gasteiger partial charge in [0.1, 0.15) is 5.75 Å². The third-order valence-corrected chi connectivity index (χ3v) is 5.89. The zero-order chi connectivity index (χ0) is 14.4. The zero-order valence-corrected chi connectivity index (χ0v) is 13.2. The van der Waals surface area contributed by atoms with E-state index >= 15 is 0 Å². The summed E-state index contributed by atoms with van der Waals surface area (Å²) in [6.45, 7) is -1.48. The molecule has 0 spiro atoms. The van der Waals surface area contributed by atoms with Gasteiger partial charge in [-0.15, -0.1) is 0 Å². The van der Waals surface area contributed by atoms with Crippen molar-refractivity contribution in [2.45, 2.75) is 18.4 Å². The van der Waals surface area contributed by atoms with Crippen LogP contribution in [0.5, 0.6) is 5.75 Å². The van der Waals surface area contributed by atoms with Crippen molar-refractivity contribution in [3.05, 3.63) is 28.8 Å². The Labute approximate surface area is 131 Å². The van der Waals surface area contributed by atoms with Crippen molar-refractivity contribution in [2.75, 3.05) is 23.8 Å². The van der Waals surface area contributed by atoms with Crippen molar-refractivity contribution >= 4 is 35.1 Å². The first-order valence-electron chi connectivity index (χ1n) is 6.28. The van der Waals surface area contributed by atoms with Gasteiger partial charge in [0.25, 0.3) is 0 Å². The standard InChI is InChI=1S/C13H16ClF2NOS2/c14-10-1-2-12(18-13(15)16)9(5-10)6-17-7-11-8-19-3-4-20-11/h1-2,5,11,13,17H,3-4,6-8H2. The van der Waals surface area contributed by atoms with Gasteiger partial charge in [-0.2, -0.15) is 32.3 Å². The van der Waals surface area contributed by atoms with Crippen LogP contribution >= 0.6 is 35.1 Å². The maximum atomic E-state index is 12.3. The summed E-state index contributed by atoms with van der Waals surface area (Å²) in [5, 5.41) is 4.39. The summed E-state index contributed by atoms with van der Waals surface area (Å²) in [7, 11) is 0. The summed E-state index contributed by atoms with van der Waals surface area (Å²) in [6.07, 6.45) is 0. The number of alkyl halides is 2. The highest BCUT2D eigenvalue weighted by Gasteiger charge is 2.15. The van der Waals surface area contributed by atoms with Gasteiger partial charge in [-0.3, -0.25) is 0 Å². The molecular formula is C13H16ClF2NOS2. The number of thioether (sulfide) groups is 2. The largest absolute Gasteiger partial charge is 0.434 e. The summed E-state index contributed by atoms with van der Waals surface area (Å²) >= 11 is 9.82. The third-order valence-electron chi connectivity index (χ3n) is 2.81. The van der Waals surface area contributed by atoms with Crippen LogP contribution in [0.2, 0.25) is 5.02 Å². The van der Waals surface area contributed by atoms with Gasteiger partial charge < -0.3 is 10.1 Å². The van der Waals surface area contributed by atoms with Gasteiger partial charge in [0, 0.05) is 46.2 Å². The van der Waals surface area contributed by atoms with E-state index in [2.05, 4.69) is 10.1 Å². The van der Waals surface area contributed by atoms with Crippen LogP contribution < -0.4 is 10.1 Å². The second-order valence-electron chi connectivity index (χ2n) is 4.33. The second kappa shape index (κ2) is 8.32. The minimum absolute atomic E-state index is 0.183. The SMILES string of the molecule is FC(F)Oc1ccc(Cl)cc1CNCC1CSCCS1.